The Hall–Kier alpha value is -3.76. The molecule has 0 aromatic heterocycles. The van der Waals surface area contributed by atoms with E-state index in [0.717, 1.165) is 23.3 Å². The number of amides is 1. The third kappa shape index (κ3) is 6.03. The van der Waals surface area contributed by atoms with E-state index in [2.05, 4.69) is 0 Å². The van der Waals surface area contributed by atoms with Gasteiger partial charge in [0, 0.05) is 44.2 Å². The molecule has 1 aliphatic heterocycles. The van der Waals surface area contributed by atoms with E-state index >= 15 is 0 Å². The number of nitrogens with one attached hydrogen (secondary N) is 1. The van der Waals surface area contributed by atoms with Crippen LogP contribution in [0.4, 0.5) is 0 Å². The van der Waals surface area contributed by atoms with Crippen LogP contribution in [0.5, 0.6) is 0 Å². The van der Waals surface area contributed by atoms with Crippen molar-refractivity contribution in [3.8, 4) is 0 Å². The van der Waals surface area contributed by atoms with Crippen LogP contribution >= 0.6 is 0 Å². The first-order valence-electron chi connectivity index (χ1n) is 10.9. The summed E-state index contributed by atoms with van der Waals surface area (Å²) in [7, 11) is -3.63. The largest absolute Gasteiger partial charge is 0.481 e. The number of aliphatic carboxylic acids is 1. The molecule has 0 unspecified atom stereocenters. The Morgan fingerprint density at radius 1 is 0.943 bits per heavy atom. The van der Waals surface area contributed by atoms with Crippen LogP contribution in [0.15, 0.2) is 65.6 Å². The zero-order valence-corrected chi connectivity index (χ0v) is 20.4. The highest BCUT2D eigenvalue weighted by molar-refractivity contribution is 7.89. The molecule has 184 valence electrons. The van der Waals surface area contributed by atoms with E-state index in [1.54, 1.807) is 42.2 Å². The number of nitrogen functional groups attached to an aromatic ring is 1. The Bertz CT molecular complexity index is 1380. The smallest absolute Gasteiger partial charge is 0.300 e. The molecule has 9 nitrogen and oxygen atoms in total. The summed E-state index contributed by atoms with van der Waals surface area (Å²) in [6.07, 6.45) is 0. The van der Waals surface area contributed by atoms with Crippen LogP contribution in [0.3, 0.4) is 0 Å². The first-order valence-corrected chi connectivity index (χ1v) is 12.4. The maximum Gasteiger partial charge on any atom is 0.300 e. The Morgan fingerprint density at radius 3 is 2.11 bits per heavy atom. The van der Waals surface area contributed by atoms with E-state index < -0.39 is 16.0 Å². The van der Waals surface area contributed by atoms with Gasteiger partial charge in [-0.2, -0.15) is 4.31 Å². The predicted molar refractivity (Wildman–Crippen MR) is 134 cm³/mol. The van der Waals surface area contributed by atoms with Gasteiger partial charge >= 0.3 is 0 Å². The normalized spacial score (nSPS) is 14.2. The highest BCUT2D eigenvalue weighted by atomic mass is 32.2. The van der Waals surface area contributed by atoms with Crippen LogP contribution in [-0.4, -0.2) is 66.6 Å². The fourth-order valence-electron chi connectivity index (χ4n) is 3.85. The topological polar surface area (TPSA) is 145 Å². The van der Waals surface area contributed by atoms with Crippen molar-refractivity contribution in [3.05, 3.63) is 77.4 Å². The molecule has 0 saturated carbocycles. The number of fused-ring (bicyclic) bond motifs is 1. The van der Waals surface area contributed by atoms with E-state index in [0.29, 0.717) is 24.2 Å². The Morgan fingerprint density at radius 2 is 1.54 bits per heavy atom. The van der Waals surface area contributed by atoms with Gasteiger partial charge in [-0.05, 0) is 47.5 Å². The van der Waals surface area contributed by atoms with E-state index in [1.165, 1.54) is 4.31 Å². The van der Waals surface area contributed by atoms with Gasteiger partial charge in [0.2, 0.25) is 10.0 Å². The number of carbonyl (C=O) groups excluding carboxylic acids is 1. The number of aryl methyl sites for hydroxylation is 1. The van der Waals surface area contributed by atoms with Gasteiger partial charge in [-0.15, -0.1) is 0 Å². The van der Waals surface area contributed by atoms with E-state index in [1.807, 2.05) is 30.3 Å². The average Bonchev–Trinajstić information content (AvgIpc) is 2.83. The summed E-state index contributed by atoms with van der Waals surface area (Å²) in [5.41, 5.74) is 7.36. The fraction of sp³-hybridized carbons (Fsp3) is 0.240. The first kappa shape index (κ1) is 25.9. The van der Waals surface area contributed by atoms with Gasteiger partial charge in [0.05, 0.1) is 4.90 Å². The number of hydrogen-bond acceptors (Lipinski definition) is 5. The standard InChI is InChI=1S/C23H24N4O3S.C2H4O2/c1-16-14-19(22(24)25)7-9-21(16)23(28)26-10-12-27(13-11-26)31(29,30)20-8-6-17-4-2-3-5-18(17)15-20;1-2(3)4/h2-9,14-15H,10-13H2,1H3,(H3,24,25);1H3,(H,3,4). The van der Waals surface area contributed by atoms with Crippen molar-refractivity contribution in [1.29, 1.82) is 5.41 Å². The minimum Gasteiger partial charge on any atom is -0.481 e. The molecule has 0 atom stereocenters. The first-order chi connectivity index (χ1) is 16.5. The van der Waals surface area contributed by atoms with Crippen molar-refractivity contribution in [3.63, 3.8) is 0 Å². The molecule has 1 saturated heterocycles. The molecule has 0 bridgehead atoms. The maximum absolute atomic E-state index is 13.1. The summed E-state index contributed by atoms with van der Waals surface area (Å²) in [6.45, 7) is 4.01. The summed E-state index contributed by atoms with van der Waals surface area (Å²) in [5.74, 6) is -1.02. The molecule has 0 spiro atoms. The summed E-state index contributed by atoms with van der Waals surface area (Å²) in [6, 6.07) is 17.8. The zero-order chi connectivity index (χ0) is 25.8. The highest BCUT2D eigenvalue weighted by Gasteiger charge is 2.31. The molecule has 35 heavy (non-hydrogen) atoms. The van der Waals surface area contributed by atoms with Gasteiger partial charge in [0.1, 0.15) is 5.84 Å². The number of amidine groups is 1. The molecular weight excluding hydrogens is 468 g/mol. The number of piperazine rings is 1. The molecule has 4 rings (SSSR count). The predicted octanol–water partition coefficient (Wildman–Crippen LogP) is 2.67. The molecule has 10 heteroatoms. The molecule has 1 amide bonds. The van der Waals surface area contributed by atoms with Gasteiger partial charge in [-0.25, -0.2) is 8.42 Å². The van der Waals surface area contributed by atoms with Gasteiger partial charge in [0.25, 0.3) is 11.9 Å². The number of sulfonamides is 1. The molecule has 0 aliphatic carbocycles. The van der Waals surface area contributed by atoms with Crippen molar-refractivity contribution in [2.75, 3.05) is 26.2 Å². The summed E-state index contributed by atoms with van der Waals surface area (Å²) < 4.78 is 27.7. The van der Waals surface area contributed by atoms with Crippen LogP contribution in [0.25, 0.3) is 10.8 Å². The van der Waals surface area contributed by atoms with E-state index in [-0.39, 0.29) is 29.7 Å². The molecule has 0 radical (unpaired) electrons. The van der Waals surface area contributed by atoms with Crippen molar-refractivity contribution < 1.29 is 23.1 Å². The lowest BCUT2D eigenvalue weighted by Gasteiger charge is -2.34. The van der Waals surface area contributed by atoms with E-state index in [9.17, 15) is 13.2 Å². The minimum absolute atomic E-state index is 0.0467. The SMILES string of the molecule is CC(=O)O.Cc1cc(C(=N)N)ccc1C(=O)N1CCN(S(=O)(=O)c2ccc3ccccc3c2)CC1. The van der Waals surface area contributed by atoms with Gasteiger partial charge in [-0.3, -0.25) is 15.0 Å². The second-order valence-corrected chi connectivity index (χ2v) is 10.1. The lowest BCUT2D eigenvalue weighted by atomic mass is 10.0. The van der Waals surface area contributed by atoms with Crippen LogP contribution in [-0.2, 0) is 14.8 Å². The molecule has 3 aromatic rings. The maximum atomic E-state index is 13.1. The fourth-order valence-corrected chi connectivity index (χ4v) is 5.31. The molecule has 1 aliphatic rings. The summed E-state index contributed by atoms with van der Waals surface area (Å²) in [5, 5.41) is 16.8. The van der Waals surface area contributed by atoms with Crippen LogP contribution < -0.4 is 5.73 Å². The number of nitrogens with two attached hydrogens (primary N) is 1. The number of nitrogens with zero attached hydrogens (tertiary/aromatic N) is 2. The van der Waals surface area contributed by atoms with Crippen molar-refractivity contribution in [2.45, 2.75) is 18.7 Å². The molecular formula is C25H28N4O5S. The van der Waals surface area contributed by atoms with Gasteiger partial charge in [-0.1, -0.05) is 36.4 Å². The Balaban J connectivity index is 0.000000795. The third-order valence-electron chi connectivity index (χ3n) is 5.65. The molecule has 1 fully saturated rings. The minimum atomic E-state index is -3.63. The summed E-state index contributed by atoms with van der Waals surface area (Å²) in [4.78, 5) is 23.9. The van der Waals surface area contributed by atoms with Crippen molar-refractivity contribution in [1.82, 2.24) is 9.21 Å². The number of carboxylic acid groups (broad SMARTS) is 1. The monoisotopic (exact) mass is 496 g/mol. The lowest BCUT2D eigenvalue weighted by molar-refractivity contribution is -0.134. The molecule has 4 N–H and O–H groups in total. The van der Waals surface area contributed by atoms with E-state index in [4.69, 9.17) is 21.0 Å². The summed E-state index contributed by atoms with van der Waals surface area (Å²) >= 11 is 0. The number of benzene rings is 3. The quantitative estimate of drug-likeness (QED) is 0.374. The second kappa shape index (κ2) is 10.7. The zero-order valence-electron chi connectivity index (χ0n) is 19.6. The average molecular weight is 497 g/mol. The Kier molecular flexibility index (Phi) is 7.88. The highest BCUT2D eigenvalue weighted by Crippen LogP contribution is 2.23. The lowest BCUT2D eigenvalue weighted by Crippen LogP contribution is -2.50. The third-order valence-corrected chi connectivity index (χ3v) is 7.55. The van der Waals surface area contributed by atoms with Gasteiger partial charge in [0.15, 0.2) is 0 Å². The van der Waals surface area contributed by atoms with Crippen molar-refractivity contribution in [2.24, 2.45) is 5.73 Å². The number of carboxylic acids is 1. The van der Waals surface area contributed by atoms with Crippen molar-refractivity contribution >= 4 is 38.5 Å². The van der Waals surface area contributed by atoms with Gasteiger partial charge < -0.3 is 15.7 Å². The van der Waals surface area contributed by atoms with Crippen LogP contribution in [0, 0.1) is 12.3 Å². The number of hydrogen-bond donors (Lipinski definition) is 3. The second-order valence-electron chi connectivity index (χ2n) is 8.17. The van der Waals surface area contributed by atoms with Crippen LogP contribution in [0.1, 0.15) is 28.4 Å². The molecule has 1 heterocycles. The number of carbonyl (C=O) groups is 2. The number of rotatable bonds is 4. The Labute approximate surface area is 204 Å². The van der Waals surface area contributed by atoms with Crippen LogP contribution in [0.2, 0.25) is 0 Å². The molecule has 3 aromatic carbocycles.